The van der Waals surface area contributed by atoms with Crippen LogP contribution in [-0.4, -0.2) is 29.8 Å². The average Bonchev–Trinajstić information content (AvgIpc) is 2.71. The van der Waals surface area contributed by atoms with E-state index in [4.69, 9.17) is 22.4 Å². The maximum atomic E-state index is 8.90. The number of pyridine rings is 1. The van der Waals surface area contributed by atoms with E-state index >= 15 is 0 Å². The molecule has 0 saturated carbocycles. The van der Waals surface area contributed by atoms with Crippen molar-refractivity contribution < 1.29 is 5.11 Å². The Bertz CT molecular complexity index is 372. The Morgan fingerprint density at radius 3 is 3.12 bits per heavy atom. The van der Waals surface area contributed by atoms with E-state index in [1.54, 1.807) is 12.1 Å². The van der Waals surface area contributed by atoms with Crippen molar-refractivity contribution in [3.8, 4) is 0 Å². The third kappa shape index (κ3) is 2.39. The molecule has 0 amide bonds. The number of halogens is 1. The van der Waals surface area contributed by atoms with Crippen LogP contribution in [0.1, 0.15) is 12.8 Å². The number of aliphatic hydroxyl groups is 1. The largest absolute Gasteiger partial charge is 0.396 e. The molecule has 1 aliphatic heterocycles. The highest BCUT2D eigenvalue weighted by molar-refractivity contribution is 6.29. The van der Waals surface area contributed by atoms with Gasteiger partial charge in [0, 0.05) is 19.7 Å². The second kappa shape index (κ2) is 4.89. The third-order valence-corrected chi connectivity index (χ3v) is 3.20. The Morgan fingerprint density at radius 1 is 1.56 bits per heavy atom. The van der Waals surface area contributed by atoms with Crippen LogP contribution in [0.3, 0.4) is 0 Å². The summed E-state index contributed by atoms with van der Waals surface area (Å²) in [5, 5.41) is 9.37. The van der Waals surface area contributed by atoms with Gasteiger partial charge in [0.2, 0.25) is 0 Å². The first-order chi connectivity index (χ1) is 7.70. The Labute approximate surface area is 100 Å². The average molecular weight is 242 g/mol. The second-order valence-corrected chi connectivity index (χ2v) is 4.55. The summed E-state index contributed by atoms with van der Waals surface area (Å²) in [5.41, 5.74) is 6.54. The van der Waals surface area contributed by atoms with Gasteiger partial charge in [0.25, 0.3) is 0 Å². The summed E-state index contributed by atoms with van der Waals surface area (Å²) in [7, 11) is 0. The SMILES string of the molecule is Nc1ccc(Cl)nc1N1CCC(CCO)C1. The highest BCUT2D eigenvalue weighted by atomic mass is 35.5. The summed E-state index contributed by atoms with van der Waals surface area (Å²) in [4.78, 5) is 6.39. The van der Waals surface area contributed by atoms with E-state index in [2.05, 4.69) is 9.88 Å². The number of anilines is 2. The number of aliphatic hydroxyl groups excluding tert-OH is 1. The normalized spacial score (nSPS) is 20.4. The van der Waals surface area contributed by atoms with Gasteiger partial charge in [-0.15, -0.1) is 0 Å². The molecule has 1 unspecified atom stereocenters. The summed E-state index contributed by atoms with van der Waals surface area (Å²) in [6.07, 6.45) is 1.92. The van der Waals surface area contributed by atoms with Crippen LogP contribution in [0.4, 0.5) is 11.5 Å². The zero-order valence-electron chi connectivity index (χ0n) is 9.06. The summed E-state index contributed by atoms with van der Waals surface area (Å²) in [6, 6.07) is 3.48. The van der Waals surface area contributed by atoms with Crippen molar-refractivity contribution in [3.63, 3.8) is 0 Å². The second-order valence-electron chi connectivity index (χ2n) is 4.16. The molecule has 1 aromatic heterocycles. The lowest BCUT2D eigenvalue weighted by atomic mass is 10.1. The summed E-state index contributed by atoms with van der Waals surface area (Å²) < 4.78 is 0. The molecule has 1 saturated heterocycles. The van der Waals surface area contributed by atoms with Gasteiger partial charge in [-0.2, -0.15) is 0 Å². The molecule has 2 heterocycles. The van der Waals surface area contributed by atoms with E-state index in [1.807, 2.05) is 0 Å². The minimum Gasteiger partial charge on any atom is -0.396 e. The van der Waals surface area contributed by atoms with Crippen LogP contribution in [0, 0.1) is 5.92 Å². The summed E-state index contributed by atoms with van der Waals surface area (Å²) in [6.45, 7) is 2.08. The van der Waals surface area contributed by atoms with Gasteiger partial charge in [-0.25, -0.2) is 4.98 Å². The number of nitrogens with zero attached hydrogens (tertiary/aromatic N) is 2. The first-order valence-corrected chi connectivity index (χ1v) is 5.86. The van der Waals surface area contributed by atoms with Gasteiger partial charge in [-0.3, -0.25) is 0 Å². The zero-order valence-corrected chi connectivity index (χ0v) is 9.82. The molecule has 0 aromatic carbocycles. The van der Waals surface area contributed by atoms with Crippen molar-refractivity contribution in [2.24, 2.45) is 5.92 Å². The van der Waals surface area contributed by atoms with E-state index in [0.29, 0.717) is 16.8 Å². The smallest absolute Gasteiger partial charge is 0.153 e. The Kier molecular flexibility index (Phi) is 3.51. The number of nitrogen functional groups attached to an aromatic ring is 1. The minimum absolute atomic E-state index is 0.247. The predicted molar refractivity (Wildman–Crippen MR) is 65.7 cm³/mol. The van der Waals surface area contributed by atoms with Crippen LogP contribution in [0.2, 0.25) is 5.15 Å². The van der Waals surface area contributed by atoms with Gasteiger partial charge in [0.05, 0.1) is 5.69 Å². The third-order valence-electron chi connectivity index (χ3n) is 2.99. The standard InChI is InChI=1S/C11H16ClN3O/c12-10-2-1-9(13)11(14-10)15-5-3-8(7-15)4-6-16/h1-2,8,16H,3-7,13H2. The molecule has 0 bridgehead atoms. The van der Waals surface area contributed by atoms with Crippen molar-refractivity contribution in [3.05, 3.63) is 17.3 Å². The Morgan fingerprint density at radius 2 is 2.38 bits per heavy atom. The number of hydrogen-bond donors (Lipinski definition) is 2. The molecule has 4 nitrogen and oxygen atoms in total. The maximum absolute atomic E-state index is 8.90. The lowest BCUT2D eigenvalue weighted by molar-refractivity contribution is 0.263. The predicted octanol–water partition coefficient (Wildman–Crippen LogP) is 1.53. The molecule has 1 aromatic rings. The minimum atomic E-state index is 0.247. The molecule has 1 atom stereocenters. The van der Waals surface area contributed by atoms with Crippen LogP contribution in [-0.2, 0) is 0 Å². The van der Waals surface area contributed by atoms with Crippen LogP contribution in [0.25, 0.3) is 0 Å². The molecule has 16 heavy (non-hydrogen) atoms. The number of hydrogen-bond acceptors (Lipinski definition) is 4. The number of aromatic nitrogens is 1. The van der Waals surface area contributed by atoms with Crippen molar-refractivity contribution in [2.75, 3.05) is 30.3 Å². The lowest BCUT2D eigenvalue weighted by Crippen LogP contribution is -2.22. The van der Waals surface area contributed by atoms with E-state index in [0.717, 1.165) is 31.7 Å². The Hall–Kier alpha value is -1.00. The molecule has 0 radical (unpaired) electrons. The molecular formula is C11H16ClN3O. The van der Waals surface area contributed by atoms with Crippen molar-refractivity contribution in [1.82, 2.24) is 4.98 Å². The van der Waals surface area contributed by atoms with Crippen molar-refractivity contribution in [1.29, 1.82) is 0 Å². The van der Waals surface area contributed by atoms with E-state index in [9.17, 15) is 0 Å². The molecule has 0 spiro atoms. The number of rotatable bonds is 3. The molecule has 1 fully saturated rings. The lowest BCUT2D eigenvalue weighted by Gasteiger charge is -2.19. The van der Waals surface area contributed by atoms with Gasteiger partial charge >= 0.3 is 0 Å². The van der Waals surface area contributed by atoms with E-state index in [-0.39, 0.29) is 6.61 Å². The number of nitrogens with two attached hydrogens (primary N) is 1. The fourth-order valence-corrected chi connectivity index (χ4v) is 2.28. The molecule has 5 heteroatoms. The van der Waals surface area contributed by atoms with E-state index in [1.165, 1.54) is 0 Å². The first kappa shape index (κ1) is 11.5. The fourth-order valence-electron chi connectivity index (χ4n) is 2.13. The highest BCUT2D eigenvalue weighted by Crippen LogP contribution is 2.29. The topological polar surface area (TPSA) is 62.4 Å². The molecule has 2 rings (SSSR count). The van der Waals surface area contributed by atoms with Crippen LogP contribution < -0.4 is 10.6 Å². The van der Waals surface area contributed by atoms with Crippen LogP contribution in [0.5, 0.6) is 0 Å². The van der Waals surface area contributed by atoms with Gasteiger partial charge in [0.15, 0.2) is 5.82 Å². The molecule has 0 aliphatic carbocycles. The molecule has 1 aliphatic rings. The van der Waals surface area contributed by atoms with Gasteiger partial charge in [0.1, 0.15) is 5.15 Å². The first-order valence-electron chi connectivity index (χ1n) is 5.48. The highest BCUT2D eigenvalue weighted by Gasteiger charge is 2.24. The van der Waals surface area contributed by atoms with Gasteiger partial charge in [-0.1, -0.05) is 11.6 Å². The van der Waals surface area contributed by atoms with Gasteiger partial charge < -0.3 is 15.7 Å². The molecule has 3 N–H and O–H groups in total. The fraction of sp³-hybridized carbons (Fsp3) is 0.545. The summed E-state index contributed by atoms with van der Waals surface area (Å²) >= 11 is 5.86. The molecular weight excluding hydrogens is 226 g/mol. The van der Waals surface area contributed by atoms with E-state index < -0.39 is 0 Å². The monoisotopic (exact) mass is 241 g/mol. The molecule has 88 valence electrons. The maximum Gasteiger partial charge on any atom is 0.153 e. The Balaban J connectivity index is 2.11. The van der Waals surface area contributed by atoms with Crippen LogP contribution in [0.15, 0.2) is 12.1 Å². The quantitative estimate of drug-likeness (QED) is 0.788. The van der Waals surface area contributed by atoms with Gasteiger partial charge in [-0.05, 0) is 30.9 Å². The van der Waals surface area contributed by atoms with Crippen molar-refractivity contribution in [2.45, 2.75) is 12.8 Å². The summed E-state index contributed by atoms with van der Waals surface area (Å²) in [5.74, 6) is 1.30. The zero-order chi connectivity index (χ0) is 11.5. The van der Waals surface area contributed by atoms with Crippen LogP contribution >= 0.6 is 11.6 Å². The van der Waals surface area contributed by atoms with Crippen molar-refractivity contribution >= 4 is 23.1 Å².